The number of hydrogen-bond acceptors (Lipinski definition) is 1. The van der Waals surface area contributed by atoms with Gasteiger partial charge < -0.3 is 4.40 Å². The van der Waals surface area contributed by atoms with Crippen LogP contribution >= 0.6 is 11.6 Å². The summed E-state index contributed by atoms with van der Waals surface area (Å²) >= 11 is 5.81. The molecule has 2 aromatic rings. The molecule has 0 saturated heterocycles. The van der Waals surface area contributed by atoms with Crippen molar-refractivity contribution in [3.8, 4) is 0 Å². The zero-order valence-corrected chi connectivity index (χ0v) is 6.84. The first-order valence-corrected chi connectivity index (χ1v) is 3.74. The topological polar surface area (TPSA) is 17.3 Å². The highest BCUT2D eigenvalue weighted by Crippen LogP contribution is 2.14. The van der Waals surface area contributed by atoms with Crippen LogP contribution in [0.4, 0.5) is 0 Å². The third-order valence-corrected chi connectivity index (χ3v) is 1.93. The Balaban J connectivity index is 2.87. The predicted octanol–water partition coefficient (Wildman–Crippen LogP) is 2.30. The molecule has 11 heavy (non-hydrogen) atoms. The Bertz CT molecular complexity index is 392. The maximum Gasteiger partial charge on any atom is 0.0995 e. The van der Waals surface area contributed by atoms with Gasteiger partial charge in [0.25, 0.3) is 0 Å². The molecule has 0 amide bonds. The Morgan fingerprint density at radius 2 is 2.36 bits per heavy atom. The van der Waals surface area contributed by atoms with Crippen molar-refractivity contribution in [1.29, 1.82) is 0 Å². The number of hydrogen-bond donors (Lipinski definition) is 0. The lowest BCUT2D eigenvalue weighted by Gasteiger charge is -1.93. The molecule has 0 aliphatic rings. The predicted molar refractivity (Wildman–Crippen MR) is 44.9 cm³/mol. The van der Waals surface area contributed by atoms with Crippen molar-refractivity contribution in [3.05, 3.63) is 35.4 Å². The van der Waals surface area contributed by atoms with Crippen LogP contribution in [0.2, 0.25) is 5.02 Å². The first-order chi connectivity index (χ1) is 5.27. The van der Waals surface area contributed by atoms with E-state index in [4.69, 9.17) is 11.6 Å². The van der Waals surface area contributed by atoms with Gasteiger partial charge in [-0.3, -0.25) is 0 Å². The minimum atomic E-state index is 0.751. The summed E-state index contributed by atoms with van der Waals surface area (Å²) in [7, 11) is 0. The Morgan fingerprint density at radius 3 is 3.18 bits per heavy atom. The van der Waals surface area contributed by atoms with Gasteiger partial charge in [-0.2, -0.15) is 0 Å². The van der Waals surface area contributed by atoms with Gasteiger partial charge in [-0.1, -0.05) is 11.6 Å². The Labute approximate surface area is 69.4 Å². The van der Waals surface area contributed by atoms with E-state index in [0.29, 0.717) is 0 Å². The van der Waals surface area contributed by atoms with Crippen molar-refractivity contribution < 1.29 is 0 Å². The zero-order valence-electron chi connectivity index (χ0n) is 6.08. The molecule has 3 heteroatoms. The molecule has 2 aromatic heterocycles. The van der Waals surface area contributed by atoms with Crippen molar-refractivity contribution in [3.63, 3.8) is 0 Å². The van der Waals surface area contributed by atoms with Crippen LogP contribution < -0.4 is 0 Å². The highest BCUT2D eigenvalue weighted by atomic mass is 35.5. The largest absolute Gasteiger partial charge is 0.306 e. The molecule has 2 nitrogen and oxygen atoms in total. The summed E-state index contributed by atoms with van der Waals surface area (Å²) in [5.41, 5.74) is 2.07. The molecule has 0 aliphatic carbocycles. The third-order valence-electron chi connectivity index (χ3n) is 1.69. The Morgan fingerprint density at radius 1 is 1.55 bits per heavy atom. The molecule has 0 bridgehead atoms. The first kappa shape index (κ1) is 6.68. The van der Waals surface area contributed by atoms with Gasteiger partial charge in [0, 0.05) is 11.2 Å². The summed E-state index contributed by atoms with van der Waals surface area (Å²) in [5.74, 6) is 0. The number of aromatic nitrogens is 2. The minimum absolute atomic E-state index is 0.751. The highest BCUT2D eigenvalue weighted by molar-refractivity contribution is 6.30. The fourth-order valence-corrected chi connectivity index (χ4v) is 1.25. The van der Waals surface area contributed by atoms with E-state index >= 15 is 0 Å². The van der Waals surface area contributed by atoms with Crippen LogP contribution in [-0.4, -0.2) is 9.38 Å². The van der Waals surface area contributed by atoms with Crippen LogP contribution in [-0.2, 0) is 0 Å². The fourth-order valence-electron chi connectivity index (χ4n) is 1.09. The van der Waals surface area contributed by atoms with Gasteiger partial charge in [0.15, 0.2) is 0 Å². The van der Waals surface area contributed by atoms with Crippen molar-refractivity contribution >= 4 is 17.1 Å². The molecule has 0 N–H and O–H groups in total. The second-order valence-electron chi connectivity index (χ2n) is 2.47. The van der Waals surface area contributed by atoms with Gasteiger partial charge >= 0.3 is 0 Å². The summed E-state index contributed by atoms with van der Waals surface area (Å²) in [6, 6.07) is 3.75. The molecule has 0 fully saturated rings. The van der Waals surface area contributed by atoms with Gasteiger partial charge in [0.05, 0.1) is 17.5 Å². The van der Waals surface area contributed by atoms with Crippen LogP contribution in [0.3, 0.4) is 0 Å². The zero-order chi connectivity index (χ0) is 7.84. The first-order valence-electron chi connectivity index (χ1n) is 3.36. The summed E-state index contributed by atoms with van der Waals surface area (Å²) in [6.07, 6.45) is 3.68. The van der Waals surface area contributed by atoms with Crippen LogP contribution in [0.25, 0.3) is 5.52 Å². The fraction of sp³-hybridized carbons (Fsp3) is 0.125. The van der Waals surface area contributed by atoms with Crippen LogP contribution in [0.1, 0.15) is 5.69 Å². The lowest BCUT2D eigenvalue weighted by atomic mass is 10.3. The molecule has 0 unspecified atom stereocenters. The van der Waals surface area contributed by atoms with Crippen LogP contribution in [0, 0.1) is 6.92 Å². The van der Waals surface area contributed by atoms with Gasteiger partial charge in [-0.05, 0) is 19.1 Å². The summed E-state index contributed by atoms with van der Waals surface area (Å²) in [5, 5.41) is 0.751. The molecule has 0 radical (unpaired) electrons. The quantitative estimate of drug-likeness (QED) is 0.587. The minimum Gasteiger partial charge on any atom is -0.306 e. The van der Waals surface area contributed by atoms with Crippen LogP contribution in [0.5, 0.6) is 0 Å². The molecular weight excluding hydrogens is 160 g/mol. The van der Waals surface area contributed by atoms with Crippen LogP contribution in [0.15, 0.2) is 24.7 Å². The number of aryl methyl sites for hydroxylation is 1. The molecule has 0 aliphatic heterocycles. The van der Waals surface area contributed by atoms with E-state index in [-0.39, 0.29) is 0 Å². The maximum absolute atomic E-state index is 5.81. The average molecular weight is 167 g/mol. The molecule has 2 rings (SSSR count). The smallest absolute Gasteiger partial charge is 0.0995 e. The number of rotatable bonds is 0. The van der Waals surface area contributed by atoms with Crippen molar-refractivity contribution in [2.24, 2.45) is 0 Å². The molecule has 0 aromatic carbocycles. The van der Waals surface area contributed by atoms with E-state index in [2.05, 4.69) is 4.98 Å². The molecule has 56 valence electrons. The number of imidazole rings is 1. The van der Waals surface area contributed by atoms with Crippen molar-refractivity contribution in [1.82, 2.24) is 9.38 Å². The Kier molecular flexibility index (Phi) is 1.36. The second kappa shape index (κ2) is 2.24. The molecule has 0 saturated carbocycles. The SMILES string of the molecule is Cc1ncn2ccc(Cl)cc12. The van der Waals surface area contributed by atoms with E-state index in [1.807, 2.05) is 29.7 Å². The van der Waals surface area contributed by atoms with E-state index in [9.17, 15) is 0 Å². The monoisotopic (exact) mass is 166 g/mol. The van der Waals surface area contributed by atoms with E-state index in [1.165, 1.54) is 0 Å². The van der Waals surface area contributed by atoms with E-state index in [1.54, 1.807) is 6.33 Å². The molecule has 2 heterocycles. The van der Waals surface area contributed by atoms with Crippen molar-refractivity contribution in [2.45, 2.75) is 6.92 Å². The lowest BCUT2D eigenvalue weighted by Crippen LogP contribution is -1.79. The van der Waals surface area contributed by atoms with Gasteiger partial charge in [-0.25, -0.2) is 4.98 Å². The normalized spacial score (nSPS) is 10.7. The number of halogens is 1. The van der Waals surface area contributed by atoms with Gasteiger partial charge in [0.2, 0.25) is 0 Å². The average Bonchev–Trinajstić information content (AvgIpc) is 2.33. The molecule has 0 spiro atoms. The third kappa shape index (κ3) is 0.994. The van der Waals surface area contributed by atoms with E-state index < -0.39 is 0 Å². The van der Waals surface area contributed by atoms with Crippen molar-refractivity contribution in [2.75, 3.05) is 0 Å². The standard InChI is InChI=1S/C8H7ClN2/c1-6-8-4-7(9)2-3-11(8)5-10-6/h2-5H,1H3. The second-order valence-corrected chi connectivity index (χ2v) is 2.90. The highest BCUT2D eigenvalue weighted by Gasteiger charge is 1.97. The number of nitrogens with zero attached hydrogens (tertiary/aromatic N) is 2. The summed E-state index contributed by atoms with van der Waals surface area (Å²) < 4.78 is 1.95. The van der Waals surface area contributed by atoms with Gasteiger partial charge in [-0.15, -0.1) is 0 Å². The molecule has 0 atom stereocenters. The summed E-state index contributed by atoms with van der Waals surface area (Å²) in [4.78, 5) is 4.14. The molecular formula is C8H7ClN2. The van der Waals surface area contributed by atoms with Gasteiger partial charge in [0.1, 0.15) is 0 Å². The number of pyridine rings is 1. The Hall–Kier alpha value is -1.02. The summed E-state index contributed by atoms with van der Waals surface area (Å²) in [6.45, 7) is 1.96. The maximum atomic E-state index is 5.81. The van der Waals surface area contributed by atoms with E-state index in [0.717, 1.165) is 16.2 Å². The number of fused-ring (bicyclic) bond motifs is 1. The lowest BCUT2D eigenvalue weighted by molar-refractivity contribution is 1.15.